The number of aliphatic hydroxyl groups is 2. The summed E-state index contributed by atoms with van der Waals surface area (Å²) >= 11 is 0. The van der Waals surface area contributed by atoms with E-state index in [0.717, 1.165) is 11.1 Å². The van der Waals surface area contributed by atoms with Gasteiger partial charge >= 0.3 is 0 Å². The highest BCUT2D eigenvalue weighted by molar-refractivity contribution is 5.24. The Morgan fingerprint density at radius 2 is 1.92 bits per heavy atom. The van der Waals surface area contributed by atoms with E-state index in [1.165, 1.54) is 0 Å². The van der Waals surface area contributed by atoms with E-state index < -0.39 is 6.10 Å². The predicted molar refractivity (Wildman–Crippen MR) is 50.8 cm³/mol. The molecule has 0 heterocycles. The summed E-state index contributed by atoms with van der Waals surface area (Å²) in [5.74, 6) is 2.40. The number of benzene rings is 1. The summed E-state index contributed by atoms with van der Waals surface area (Å²) < 4.78 is 0. The standard InChI is InChI=1S/C11H12O2/c1-2-3-11(13)10-6-4-9(8-12)5-7-10/h1,4-7,11-13H,3,8H2/t11-/m1/s1. The summed E-state index contributed by atoms with van der Waals surface area (Å²) in [4.78, 5) is 0. The minimum atomic E-state index is -0.599. The second kappa shape index (κ2) is 4.66. The fraction of sp³-hybridized carbons (Fsp3) is 0.273. The van der Waals surface area contributed by atoms with Gasteiger partial charge in [-0.05, 0) is 11.1 Å². The maximum atomic E-state index is 9.48. The molecule has 1 aromatic rings. The number of hydrogen-bond donors (Lipinski definition) is 2. The lowest BCUT2D eigenvalue weighted by Crippen LogP contribution is -1.95. The molecule has 0 saturated heterocycles. The van der Waals surface area contributed by atoms with Crippen molar-refractivity contribution < 1.29 is 10.2 Å². The van der Waals surface area contributed by atoms with Crippen LogP contribution in [0.2, 0.25) is 0 Å². The second-order valence-corrected chi connectivity index (χ2v) is 2.82. The van der Waals surface area contributed by atoms with Crippen molar-refractivity contribution in [1.29, 1.82) is 0 Å². The third-order valence-electron chi connectivity index (χ3n) is 1.86. The molecule has 0 radical (unpaired) electrons. The van der Waals surface area contributed by atoms with Crippen molar-refractivity contribution >= 4 is 0 Å². The molecule has 0 bridgehead atoms. The Kier molecular flexibility index (Phi) is 3.51. The fourth-order valence-electron chi connectivity index (χ4n) is 1.07. The molecule has 68 valence electrons. The normalized spacial score (nSPS) is 12.1. The van der Waals surface area contributed by atoms with E-state index in [4.69, 9.17) is 11.5 Å². The molecule has 13 heavy (non-hydrogen) atoms. The van der Waals surface area contributed by atoms with Crippen LogP contribution in [0.1, 0.15) is 23.7 Å². The monoisotopic (exact) mass is 176 g/mol. The summed E-state index contributed by atoms with van der Waals surface area (Å²) in [5.41, 5.74) is 1.62. The van der Waals surface area contributed by atoms with E-state index in [-0.39, 0.29) is 6.61 Å². The van der Waals surface area contributed by atoms with Crippen LogP contribution in [0.25, 0.3) is 0 Å². The Morgan fingerprint density at radius 1 is 1.31 bits per heavy atom. The largest absolute Gasteiger partial charge is 0.392 e. The lowest BCUT2D eigenvalue weighted by atomic mass is 10.1. The van der Waals surface area contributed by atoms with Crippen LogP contribution in [0.5, 0.6) is 0 Å². The molecule has 0 aromatic heterocycles. The van der Waals surface area contributed by atoms with Gasteiger partial charge in [0.2, 0.25) is 0 Å². The Hall–Kier alpha value is -1.30. The average Bonchev–Trinajstić information content (AvgIpc) is 2.18. The van der Waals surface area contributed by atoms with Crippen LogP contribution >= 0.6 is 0 Å². The molecule has 1 atom stereocenters. The van der Waals surface area contributed by atoms with Crippen molar-refractivity contribution in [2.75, 3.05) is 0 Å². The van der Waals surface area contributed by atoms with Crippen LogP contribution < -0.4 is 0 Å². The van der Waals surface area contributed by atoms with Crippen LogP contribution in [0, 0.1) is 12.3 Å². The fourth-order valence-corrected chi connectivity index (χ4v) is 1.07. The summed E-state index contributed by atoms with van der Waals surface area (Å²) in [6, 6.07) is 7.09. The Balaban J connectivity index is 2.74. The van der Waals surface area contributed by atoms with Gasteiger partial charge in [0.15, 0.2) is 0 Å². The maximum Gasteiger partial charge on any atom is 0.0899 e. The third-order valence-corrected chi connectivity index (χ3v) is 1.86. The molecular formula is C11H12O2. The van der Waals surface area contributed by atoms with Gasteiger partial charge in [0.25, 0.3) is 0 Å². The summed E-state index contributed by atoms with van der Waals surface area (Å²) in [6.07, 6.45) is 4.79. The minimum absolute atomic E-state index is 0.0194. The molecule has 0 unspecified atom stereocenters. The van der Waals surface area contributed by atoms with Crippen LogP contribution in [-0.4, -0.2) is 10.2 Å². The Morgan fingerprint density at radius 3 is 2.38 bits per heavy atom. The molecule has 1 aromatic carbocycles. The lowest BCUT2D eigenvalue weighted by Gasteiger charge is -2.07. The van der Waals surface area contributed by atoms with Gasteiger partial charge in [-0.1, -0.05) is 24.3 Å². The average molecular weight is 176 g/mol. The maximum absolute atomic E-state index is 9.48. The van der Waals surface area contributed by atoms with Gasteiger partial charge in [-0.3, -0.25) is 0 Å². The predicted octanol–water partition coefficient (Wildman–Crippen LogP) is 1.24. The van der Waals surface area contributed by atoms with Crippen molar-refractivity contribution in [3.05, 3.63) is 35.4 Å². The van der Waals surface area contributed by atoms with Crippen molar-refractivity contribution in [1.82, 2.24) is 0 Å². The molecule has 2 heteroatoms. The second-order valence-electron chi connectivity index (χ2n) is 2.82. The molecule has 0 fully saturated rings. The van der Waals surface area contributed by atoms with Crippen LogP contribution in [0.3, 0.4) is 0 Å². The molecule has 0 amide bonds. The van der Waals surface area contributed by atoms with E-state index in [2.05, 4.69) is 5.92 Å². The van der Waals surface area contributed by atoms with Gasteiger partial charge in [0, 0.05) is 6.42 Å². The molecule has 0 aliphatic rings. The first kappa shape index (κ1) is 9.79. The van der Waals surface area contributed by atoms with Gasteiger partial charge in [-0.25, -0.2) is 0 Å². The lowest BCUT2D eigenvalue weighted by molar-refractivity contribution is 0.184. The first-order chi connectivity index (χ1) is 6.27. The summed E-state index contributed by atoms with van der Waals surface area (Å²) in [6.45, 7) is 0.0194. The Labute approximate surface area is 77.8 Å². The molecule has 0 spiro atoms. The van der Waals surface area contributed by atoms with E-state index in [0.29, 0.717) is 6.42 Å². The van der Waals surface area contributed by atoms with Crippen molar-refractivity contribution in [2.45, 2.75) is 19.1 Å². The molecule has 1 rings (SSSR count). The molecule has 2 nitrogen and oxygen atoms in total. The zero-order valence-electron chi connectivity index (χ0n) is 7.27. The molecule has 0 aliphatic heterocycles. The quantitative estimate of drug-likeness (QED) is 0.680. The summed E-state index contributed by atoms with van der Waals surface area (Å²) in [7, 11) is 0. The van der Waals surface area contributed by atoms with E-state index in [9.17, 15) is 5.11 Å². The highest BCUT2D eigenvalue weighted by Crippen LogP contribution is 2.16. The molecule has 0 aliphatic carbocycles. The number of aliphatic hydroxyl groups excluding tert-OH is 2. The van der Waals surface area contributed by atoms with Crippen LogP contribution in [0.4, 0.5) is 0 Å². The Bertz CT molecular complexity index is 295. The van der Waals surface area contributed by atoms with Crippen LogP contribution in [-0.2, 0) is 6.61 Å². The van der Waals surface area contributed by atoms with Crippen molar-refractivity contribution in [2.24, 2.45) is 0 Å². The van der Waals surface area contributed by atoms with Gasteiger partial charge < -0.3 is 10.2 Å². The van der Waals surface area contributed by atoms with Gasteiger partial charge in [0.1, 0.15) is 0 Å². The number of hydrogen-bond acceptors (Lipinski definition) is 2. The van der Waals surface area contributed by atoms with Gasteiger partial charge in [-0.15, -0.1) is 12.3 Å². The zero-order chi connectivity index (χ0) is 9.68. The third kappa shape index (κ3) is 2.59. The smallest absolute Gasteiger partial charge is 0.0899 e. The molecular weight excluding hydrogens is 164 g/mol. The minimum Gasteiger partial charge on any atom is -0.392 e. The van der Waals surface area contributed by atoms with E-state index >= 15 is 0 Å². The van der Waals surface area contributed by atoms with Crippen molar-refractivity contribution in [3.8, 4) is 12.3 Å². The first-order valence-corrected chi connectivity index (χ1v) is 4.09. The molecule has 0 saturated carbocycles. The number of rotatable bonds is 3. The topological polar surface area (TPSA) is 40.5 Å². The highest BCUT2D eigenvalue weighted by atomic mass is 16.3. The highest BCUT2D eigenvalue weighted by Gasteiger charge is 2.04. The molecule has 2 N–H and O–H groups in total. The summed E-state index contributed by atoms with van der Waals surface area (Å²) in [5, 5.41) is 18.3. The van der Waals surface area contributed by atoms with Gasteiger partial charge in [-0.2, -0.15) is 0 Å². The zero-order valence-corrected chi connectivity index (χ0v) is 7.27. The number of terminal acetylenes is 1. The van der Waals surface area contributed by atoms with E-state index in [1.807, 2.05) is 0 Å². The first-order valence-electron chi connectivity index (χ1n) is 4.09. The van der Waals surface area contributed by atoms with Gasteiger partial charge in [0.05, 0.1) is 12.7 Å². The SMILES string of the molecule is C#CC[C@@H](O)c1ccc(CO)cc1. The van der Waals surface area contributed by atoms with E-state index in [1.54, 1.807) is 24.3 Å². The van der Waals surface area contributed by atoms with Crippen molar-refractivity contribution in [3.63, 3.8) is 0 Å². The van der Waals surface area contributed by atoms with Crippen LogP contribution in [0.15, 0.2) is 24.3 Å².